The van der Waals surface area contributed by atoms with Gasteiger partial charge in [0.25, 0.3) is 0 Å². The average molecular weight is 575 g/mol. The highest BCUT2D eigenvalue weighted by molar-refractivity contribution is 5.89. The number of allylic oxidation sites excluding steroid dienone is 1. The normalized spacial score (nSPS) is 24.5. The van der Waals surface area contributed by atoms with Crippen molar-refractivity contribution in [3.05, 3.63) is 41.5 Å². The standard InChI is InChI=1S/C32H45F3N4O2/c1-31(2)26-9-8-24(28(31)21-26)22-39(30(41)36-27-12-10-25(11-13-27)32(33,34)35)20-17-37-15-18-38(19-16-37)29(40)14-7-23-5-3-4-6-23/h8,10-13,23,26,28H,3-7,9,14-22H2,1-2H3,(H,36,41). The number of rotatable bonds is 9. The number of anilines is 1. The first-order chi connectivity index (χ1) is 19.5. The van der Waals surface area contributed by atoms with Crippen LogP contribution < -0.4 is 5.32 Å². The minimum atomic E-state index is -4.42. The third-order valence-corrected chi connectivity index (χ3v) is 10.4. The molecular formula is C32H45F3N4O2. The molecule has 1 heterocycles. The number of carbonyl (C=O) groups is 2. The van der Waals surface area contributed by atoms with Crippen molar-refractivity contribution >= 4 is 17.6 Å². The Morgan fingerprint density at radius 1 is 1.05 bits per heavy atom. The van der Waals surface area contributed by atoms with E-state index in [1.54, 1.807) is 4.90 Å². The minimum absolute atomic E-state index is 0.236. The summed E-state index contributed by atoms with van der Waals surface area (Å²) in [4.78, 5) is 32.3. The second-order valence-corrected chi connectivity index (χ2v) is 13.2. The first kappa shape index (κ1) is 29.9. The van der Waals surface area contributed by atoms with Crippen LogP contribution in [0.5, 0.6) is 0 Å². The summed E-state index contributed by atoms with van der Waals surface area (Å²) in [6, 6.07) is 4.30. The highest BCUT2D eigenvalue weighted by Crippen LogP contribution is 2.59. The predicted octanol–water partition coefficient (Wildman–Crippen LogP) is 6.65. The number of piperazine rings is 1. The van der Waals surface area contributed by atoms with E-state index in [0.717, 1.165) is 50.4 Å². The molecule has 9 heteroatoms. The Labute approximate surface area is 242 Å². The molecular weight excluding hydrogens is 529 g/mol. The van der Waals surface area contributed by atoms with Gasteiger partial charge in [-0.2, -0.15) is 13.2 Å². The maximum Gasteiger partial charge on any atom is 0.416 e. The molecule has 6 rings (SSSR count). The fourth-order valence-electron chi connectivity index (χ4n) is 7.34. The summed E-state index contributed by atoms with van der Waals surface area (Å²) < 4.78 is 39.0. The minimum Gasteiger partial charge on any atom is -0.340 e. The molecule has 0 aromatic heterocycles. The Hall–Kier alpha value is -2.55. The van der Waals surface area contributed by atoms with Crippen molar-refractivity contribution < 1.29 is 22.8 Å². The Kier molecular flexibility index (Phi) is 9.02. The van der Waals surface area contributed by atoms with Gasteiger partial charge in [-0.05, 0) is 66.7 Å². The Bertz CT molecular complexity index is 1100. The van der Waals surface area contributed by atoms with Gasteiger partial charge in [-0.1, -0.05) is 51.2 Å². The zero-order valence-electron chi connectivity index (χ0n) is 24.5. The smallest absolute Gasteiger partial charge is 0.340 e. The van der Waals surface area contributed by atoms with Crippen molar-refractivity contribution in [3.63, 3.8) is 0 Å². The molecule has 1 aromatic carbocycles. The lowest BCUT2D eigenvalue weighted by atomic mass is 9.49. The lowest BCUT2D eigenvalue weighted by Gasteiger charge is -2.57. The van der Waals surface area contributed by atoms with E-state index in [1.807, 2.05) is 4.90 Å². The first-order valence-corrected chi connectivity index (χ1v) is 15.4. The lowest BCUT2D eigenvalue weighted by Crippen LogP contribution is -2.52. The van der Waals surface area contributed by atoms with Gasteiger partial charge in [0.15, 0.2) is 0 Å². The van der Waals surface area contributed by atoms with Crippen molar-refractivity contribution in [2.24, 2.45) is 23.2 Å². The summed E-state index contributed by atoms with van der Waals surface area (Å²) in [6.45, 7) is 9.32. The second kappa shape index (κ2) is 12.4. The summed E-state index contributed by atoms with van der Waals surface area (Å²) >= 11 is 0. The van der Waals surface area contributed by atoms with Crippen LogP contribution in [0.3, 0.4) is 0 Å². The van der Waals surface area contributed by atoms with Crippen molar-refractivity contribution in [2.45, 2.75) is 71.4 Å². The zero-order valence-corrected chi connectivity index (χ0v) is 24.5. The quantitative estimate of drug-likeness (QED) is 0.336. The van der Waals surface area contributed by atoms with Crippen LogP contribution >= 0.6 is 0 Å². The third kappa shape index (κ3) is 7.09. The Morgan fingerprint density at radius 2 is 1.73 bits per heavy atom. The molecule has 41 heavy (non-hydrogen) atoms. The van der Waals surface area contributed by atoms with E-state index in [9.17, 15) is 22.8 Å². The van der Waals surface area contributed by atoms with E-state index >= 15 is 0 Å². The van der Waals surface area contributed by atoms with Gasteiger partial charge >= 0.3 is 12.2 Å². The zero-order chi connectivity index (χ0) is 29.2. The van der Waals surface area contributed by atoms with Crippen molar-refractivity contribution in [1.29, 1.82) is 0 Å². The maximum absolute atomic E-state index is 13.4. The molecule has 3 amide bonds. The van der Waals surface area contributed by atoms with Gasteiger partial charge in [-0.15, -0.1) is 0 Å². The van der Waals surface area contributed by atoms with Gasteiger partial charge < -0.3 is 15.1 Å². The molecule has 2 atom stereocenters. The largest absolute Gasteiger partial charge is 0.416 e. The molecule has 1 aromatic rings. The Balaban J connectivity index is 1.16. The molecule has 1 aliphatic heterocycles. The van der Waals surface area contributed by atoms with Gasteiger partial charge in [0.05, 0.1) is 5.56 Å². The van der Waals surface area contributed by atoms with Crippen LogP contribution in [0.15, 0.2) is 35.9 Å². The SMILES string of the molecule is CC1(C)C2CC=C(CN(CCN3CCN(C(=O)CCC4CCCC4)CC3)C(=O)Nc3ccc(C(F)(F)F)cc3)C1C2. The number of nitrogens with zero attached hydrogens (tertiary/aromatic N) is 3. The van der Waals surface area contributed by atoms with Gasteiger partial charge in [-0.25, -0.2) is 4.79 Å². The molecule has 226 valence electrons. The number of carbonyl (C=O) groups excluding carboxylic acids is 2. The molecule has 0 spiro atoms. The number of benzene rings is 1. The number of urea groups is 1. The molecule has 4 aliphatic carbocycles. The van der Waals surface area contributed by atoms with E-state index in [4.69, 9.17) is 0 Å². The van der Waals surface area contributed by atoms with Gasteiger partial charge in [0, 0.05) is 57.9 Å². The van der Waals surface area contributed by atoms with Crippen LogP contribution in [0.2, 0.25) is 0 Å². The summed E-state index contributed by atoms with van der Waals surface area (Å²) in [5.41, 5.74) is 1.13. The summed E-state index contributed by atoms with van der Waals surface area (Å²) in [7, 11) is 0. The molecule has 1 saturated heterocycles. The molecule has 1 N–H and O–H groups in total. The van der Waals surface area contributed by atoms with Crippen LogP contribution in [-0.2, 0) is 11.0 Å². The van der Waals surface area contributed by atoms with E-state index in [0.29, 0.717) is 56.7 Å². The predicted molar refractivity (Wildman–Crippen MR) is 154 cm³/mol. The van der Waals surface area contributed by atoms with E-state index in [2.05, 4.69) is 30.1 Å². The molecule has 2 unspecified atom stereocenters. The molecule has 2 saturated carbocycles. The summed E-state index contributed by atoms with van der Waals surface area (Å²) in [6.07, 6.45) is 6.85. The molecule has 5 aliphatic rings. The highest BCUT2D eigenvalue weighted by atomic mass is 19.4. The Morgan fingerprint density at radius 3 is 2.34 bits per heavy atom. The van der Waals surface area contributed by atoms with Crippen LogP contribution in [0.1, 0.15) is 70.8 Å². The second-order valence-electron chi connectivity index (χ2n) is 13.2. The van der Waals surface area contributed by atoms with Crippen LogP contribution in [0, 0.1) is 23.2 Å². The number of amides is 3. The van der Waals surface area contributed by atoms with Crippen LogP contribution in [-0.4, -0.2) is 72.5 Å². The van der Waals surface area contributed by atoms with Crippen LogP contribution in [0.25, 0.3) is 0 Å². The average Bonchev–Trinajstić information content (AvgIpc) is 3.48. The molecule has 2 bridgehead atoms. The number of hydrogen-bond donors (Lipinski definition) is 1. The fraction of sp³-hybridized carbons (Fsp3) is 0.688. The monoisotopic (exact) mass is 574 g/mol. The number of hydrogen-bond acceptors (Lipinski definition) is 3. The summed E-state index contributed by atoms with van der Waals surface area (Å²) in [5, 5.41) is 2.83. The maximum atomic E-state index is 13.4. The van der Waals surface area contributed by atoms with Gasteiger partial charge in [0.1, 0.15) is 0 Å². The highest BCUT2D eigenvalue weighted by Gasteiger charge is 2.51. The van der Waals surface area contributed by atoms with Crippen LogP contribution in [0.4, 0.5) is 23.7 Å². The van der Waals surface area contributed by atoms with E-state index in [-0.39, 0.29) is 17.4 Å². The van der Waals surface area contributed by atoms with Gasteiger partial charge in [-0.3, -0.25) is 9.69 Å². The first-order valence-electron chi connectivity index (χ1n) is 15.4. The number of nitrogens with one attached hydrogen (secondary N) is 1. The van der Waals surface area contributed by atoms with E-state index < -0.39 is 11.7 Å². The molecule has 0 radical (unpaired) electrons. The van der Waals surface area contributed by atoms with Crippen molar-refractivity contribution in [1.82, 2.24) is 14.7 Å². The number of fused-ring (bicyclic) bond motifs is 1. The summed E-state index contributed by atoms with van der Waals surface area (Å²) in [5.74, 6) is 2.14. The van der Waals surface area contributed by atoms with Crippen molar-refractivity contribution in [3.8, 4) is 0 Å². The lowest BCUT2D eigenvalue weighted by molar-refractivity contribution is -0.137. The van der Waals surface area contributed by atoms with Crippen molar-refractivity contribution in [2.75, 3.05) is 51.1 Å². The topological polar surface area (TPSA) is 55.9 Å². The number of alkyl halides is 3. The van der Waals surface area contributed by atoms with Gasteiger partial charge in [0.2, 0.25) is 5.91 Å². The molecule has 6 nitrogen and oxygen atoms in total. The molecule has 3 fully saturated rings. The number of halogens is 3. The van der Waals surface area contributed by atoms with E-state index in [1.165, 1.54) is 43.4 Å². The third-order valence-electron chi connectivity index (χ3n) is 10.4. The fourth-order valence-corrected chi connectivity index (χ4v) is 7.34.